The number of benzene rings is 1. The Morgan fingerprint density at radius 2 is 2.00 bits per heavy atom. The van der Waals surface area contributed by atoms with Crippen molar-refractivity contribution in [1.29, 1.82) is 0 Å². The number of oxime groups is 1. The minimum absolute atomic E-state index is 0.158. The number of nitrogens with zero attached hydrogens (tertiary/aromatic N) is 1. The van der Waals surface area contributed by atoms with Crippen LogP contribution in [0.1, 0.15) is 31.2 Å². The Morgan fingerprint density at radius 3 is 2.67 bits per heavy atom. The fourth-order valence-electron chi connectivity index (χ4n) is 3.04. The van der Waals surface area contributed by atoms with Gasteiger partial charge in [-0.2, -0.15) is 0 Å². The van der Waals surface area contributed by atoms with E-state index >= 15 is 0 Å². The number of carbonyl (C=O) groups is 1. The maximum absolute atomic E-state index is 11.7. The lowest BCUT2D eigenvalue weighted by Crippen LogP contribution is -2.40. The number of aliphatic carboxylic acids is 1. The predicted molar refractivity (Wildman–Crippen MR) is 77.2 cm³/mol. The van der Waals surface area contributed by atoms with Crippen molar-refractivity contribution in [3.05, 3.63) is 35.9 Å². The van der Waals surface area contributed by atoms with E-state index in [1.807, 2.05) is 30.3 Å². The number of hydrogen-bond acceptors (Lipinski definition) is 4. The van der Waals surface area contributed by atoms with Crippen LogP contribution < -0.4 is 0 Å². The topological polar surface area (TPSA) is 68.1 Å². The van der Waals surface area contributed by atoms with Crippen molar-refractivity contribution >= 4 is 11.7 Å². The van der Waals surface area contributed by atoms with Crippen molar-refractivity contribution in [3.63, 3.8) is 0 Å². The standard InChI is InChI=1S/C16H19NO4/c18-15(19)16(6-8-20-9-7-16)11-13-10-14(17-21-13)12-4-2-1-3-5-12/h1-5,13H,6-11H2,(H,18,19)/t13-/m1/s1. The van der Waals surface area contributed by atoms with Gasteiger partial charge in [-0.3, -0.25) is 4.79 Å². The van der Waals surface area contributed by atoms with Crippen molar-refractivity contribution in [2.24, 2.45) is 10.6 Å². The van der Waals surface area contributed by atoms with Crippen molar-refractivity contribution in [1.82, 2.24) is 0 Å². The van der Waals surface area contributed by atoms with Gasteiger partial charge in [-0.1, -0.05) is 35.5 Å². The first kappa shape index (κ1) is 14.1. The molecular formula is C16H19NO4. The fourth-order valence-corrected chi connectivity index (χ4v) is 3.04. The molecule has 3 rings (SSSR count). The van der Waals surface area contributed by atoms with E-state index in [0.29, 0.717) is 38.9 Å². The largest absolute Gasteiger partial charge is 0.481 e. The molecule has 1 aromatic rings. The molecule has 2 aliphatic rings. The first-order valence-electron chi connectivity index (χ1n) is 7.29. The van der Waals surface area contributed by atoms with E-state index in [1.54, 1.807) is 0 Å². The van der Waals surface area contributed by atoms with Crippen LogP contribution in [0.3, 0.4) is 0 Å². The third kappa shape index (κ3) is 2.93. The van der Waals surface area contributed by atoms with Gasteiger partial charge in [0.2, 0.25) is 0 Å². The number of carboxylic acid groups (broad SMARTS) is 1. The Hall–Kier alpha value is -1.88. The van der Waals surface area contributed by atoms with Gasteiger partial charge in [0.25, 0.3) is 0 Å². The molecule has 0 unspecified atom stereocenters. The Balaban J connectivity index is 1.66. The monoisotopic (exact) mass is 289 g/mol. The van der Waals surface area contributed by atoms with Gasteiger partial charge in [-0.05, 0) is 18.4 Å². The Morgan fingerprint density at radius 1 is 1.29 bits per heavy atom. The van der Waals surface area contributed by atoms with E-state index < -0.39 is 11.4 Å². The highest BCUT2D eigenvalue weighted by atomic mass is 16.6. The van der Waals surface area contributed by atoms with E-state index in [2.05, 4.69) is 5.16 Å². The summed E-state index contributed by atoms with van der Waals surface area (Å²) < 4.78 is 5.30. The zero-order valence-electron chi connectivity index (χ0n) is 11.8. The van der Waals surface area contributed by atoms with Gasteiger partial charge in [-0.25, -0.2) is 0 Å². The molecule has 2 heterocycles. The molecule has 21 heavy (non-hydrogen) atoms. The van der Waals surface area contributed by atoms with E-state index in [1.165, 1.54) is 0 Å². The molecule has 1 N–H and O–H groups in total. The van der Waals surface area contributed by atoms with E-state index in [-0.39, 0.29) is 6.10 Å². The van der Waals surface area contributed by atoms with Crippen molar-refractivity contribution in [2.45, 2.75) is 31.8 Å². The normalized spacial score (nSPS) is 24.2. The minimum Gasteiger partial charge on any atom is -0.481 e. The summed E-state index contributed by atoms with van der Waals surface area (Å²) in [4.78, 5) is 17.1. The molecule has 1 atom stereocenters. The first-order chi connectivity index (χ1) is 10.2. The second-order valence-electron chi connectivity index (χ2n) is 5.74. The Bertz CT molecular complexity index is 534. The predicted octanol–water partition coefficient (Wildman–Crippen LogP) is 2.45. The Labute approximate surface area is 123 Å². The van der Waals surface area contributed by atoms with Crippen LogP contribution >= 0.6 is 0 Å². The lowest BCUT2D eigenvalue weighted by molar-refractivity contribution is -0.158. The highest BCUT2D eigenvalue weighted by Gasteiger charge is 2.43. The van der Waals surface area contributed by atoms with E-state index in [9.17, 15) is 9.90 Å². The van der Waals surface area contributed by atoms with Gasteiger partial charge in [0, 0.05) is 26.1 Å². The smallest absolute Gasteiger partial charge is 0.309 e. The summed E-state index contributed by atoms with van der Waals surface area (Å²) in [6.45, 7) is 1.01. The zero-order valence-corrected chi connectivity index (χ0v) is 11.8. The third-order valence-electron chi connectivity index (χ3n) is 4.36. The molecule has 1 fully saturated rings. The van der Waals surface area contributed by atoms with Crippen LogP contribution in [0.25, 0.3) is 0 Å². The number of hydrogen-bond donors (Lipinski definition) is 1. The average Bonchev–Trinajstić information content (AvgIpc) is 2.97. The first-order valence-corrected chi connectivity index (χ1v) is 7.29. The van der Waals surface area contributed by atoms with Crippen molar-refractivity contribution in [2.75, 3.05) is 13.2 Å². The quantitative estimate of drug-likeness (QED) is 0.924. The van der Waals surface area contributed by atoms with E-state index in [4.69, 9.17) is 9.57 Å². The summed E-state index contributed by atoms with van der Waals surface area (Å²) in [7, 11) is 0. The summed E-state index contributed by atoms with van der Waals surface area (Å²) >= 11 is 0. The molecule has 1 aromatic carbocycles. The molecule has 0 radical (unpaired) electrons. The SMILES string of the molecule is O=C(O)C1(C[C@H]2CC(c3ccccc3)=NO2)CCOCC1. The fraction of sp³-hybridized carbons (Fsp3) is 0.500. The third-order valence-corrected chi connectivity index (χ3v) is 4.36. The summed E-state index contributed by atoms with van der Waals surface area (Å²) in [5, 5.41) is 13.7. The van der Waals surface area contributed by atoms with Gasteiger partial charge < -0.3 is 14.7 Å². The molecule has 5 heteroatoms. The maximum atomic E-state index is 11.7. The lowest BCUT2D eigenvalue weighted by Gasteiger charge is -2.34. The average molecular weight is 289 g/mol. The molecule has 1 saturated heterocycles. The van der Waals surface area contributed by atoms with Crippen LogP contribution in [0.15, 0.2) is 35.5 Å². The van der Waals surface area contributed by atoms with Crippen LogP contribution in [0.4, 0.5) is 0 Å². The molecule has 0 aromatic heterocycles. The Kier molecular flexibility index (Phi) is 3.92. The number of rotatable bonds is 4. The summed E-state index contributed by atoms with van der Waals surface area (Å²) in [5.41, 5.74) is 1.20. The number of carboxylic acids is 1. The molecule has 0 amide bonds. The van der Waals surface area contributed by atoms with Crippen LogP contribution in [0.5, 0.6) is 0 Å². The molecular weight excluding hydrogens is 270 g/mol. The van der Waals surface area contributed by atoms with Crippen LogP contribution in [-0.2, 0) is 14.4 Å². The number of ether oxygens (including phenoxy) is 1. The lowest BCUT2D eigenvalue weighted by atomic mass is 9.75. The highest BCUT2D eigenvalue weighted by molar-refractivity contribution is 6.01. The summed E-state index contributed by atoms with van der Waals surface area (Å²) in [6, 6.07) is 9.86. The second-order valence-corrected chi connectivity index (χ2v) is 5.74. The van der Waals surface area contributed by atoms with E-state index in [0.717, 1.165) is 11.3 Å². The van der Waals surface area contributed by atoms with Crippen LogP contribution in [0.2, 0.25) is 0 Å². The molecule has 0 spiro atoms. The van der Waals surface area contributed by atoms with Gasteiger partial charge in [0.1, 0.15) is 6.10 Å². The summed E-state index contributed by atoms with van der Waals surface area (Å²) in [5.74, 6) is -0.748. The van der Waals surface area contributed by atoms with Gasteiger partial charge in [-0.15, -0.1) is 0 Å². The second kappa shape index (κ2) is 5.85. The molecule has 2 aliphatic heterocycles. The highest BCUT2D eigenvalue weighted by Crippen LogP contribution is 2.38. The summed E-state index contributed by atoms with van der Waals surface area (Å²) in [6.07, 6.45) is 2.09. The van der Waals surface area contributed by atoms with Gasteiger partial charge in [0.05, 0.1) is 11.1 Å². The van der Waals surface area contributed by atoms with Crippen LogP contribution in [0, 0.1) is 5.41 Å². The maximum Gasteiger partial charge on any atom is 0.309 e. The molecule has 112 valence electrons. The van der Waals surface area contributed by atoms with Crippen molar-refractivity contribution < 1.29 is 19.5 Å². The van der Waals surface area contributed by atoms with Crippen molar-refractivity contribution in [3.8, 4) is 0 Å². The van der Waals surface area contributed by atoms with Gasteiger partial charge in [0.15, 0.2) is 0 Å². The van der Waals surface area contributed by atoms with Gasteiger partial charge >= 0.3 is 5.97 Å². The molecule has 0 bridgehead atoms. The zero-order chi connectivity index (χ0) is 14.7. The molecule has 0 saturated carbocycles. The van der Waals surface area contributed by atoms with Crippen LogP contribution in [-0.4, -0.2) is 36.1 Å². The molecule has 5 nitrogen and oxygen atoms in total. The minimum atomic E-state index is -0.748. The molecule has 0 aliphatic carbocycles.